The first-order chi connectivity index (χ1) is 5.77. The molecule has 1 aromatic carbocycles. The van der Waals surface area contributed by atoms with Crippen molar-refractivity contribution < 1.29 is 4.74 Å². The third-order valence-electron chi connectivity index (χ3n) is 1.65. The second-order valence-electron chi connectivity index (χ2n) is 2.42. The molecule has 0 unspecified atom stereocenters. The van der Waals surface area contributed by atoms with E-state index in [-0.39, 0.29) is 6.04 Å². The van der Waals surface area contributed by atoms with E-state index in [1.807, 2.05) is 24.3 Å². The zero-order valence-corrected chi connectivity index (χ0v) is 6.95. The number of hydrogen-bond acceptors (Lipinski definition) is 2. The largest absolute Gasteiger partial charge is 0.497 e. The molecule has 0 fully saturated rings. The molecule has 0 saturated heterocycles. The maximum Gasteiger partial charge on any atom is 0.118 e. The number of nitrogens with two attached hydrogens (primary N) is 1. The van der Waals surface area contributed by atoms with Gasteiger partial charge in [0.2, 0.25) is 0 Å². The molecule has 1 rings (SSSR count). The number of hydrogen-bond donors (Lipinski definition) is 1. The van der Waals surface area contributed by atoms with Gasteiger partial charge in [-0.15, -0.1) is 6.42 Å². The molecule has 0 amide bonds. The van der Waals surface area contributed by atoms with Crippen molar-refractivity contribution >= 4 is 0 Å². The molecule has 0 heterocycles. The van der Waals surface area contributed by atoms with Gasteiger partial charge in [0.15, 0.2) is 0 Å². The smallest absolute Gasteiger partial charge is 0.118 e. The SMILES string of the molecule is C#C[C@H](N)c1ccc(OC)cc1. The lowest BCUT2D eigenvalue weighted by atomic mass is 10.1. The minimum absolute atomic E-state index is 0.323. The van der Waals surface area contributed by atoms with E-state index < -0.39 is 0 Å². The Bertz CT molecular complexity index is 284. The van der Waals surface area contributed by atoms with Crippen molar-refractivity contribution in [2.75, 3.05) is 7.11 Å². The van der Waals surface area contributed by atoms with Crippen LogP contribution in [0, 0.1) is 12.3 Å². The van der Waals surface area contributed by atoms with Crippen molar-refractivity contribution in [1.82, 2.24) is 0 Å². The normalized spacial score (nSPS) is 11.8. The van der Waals surface area contributed by atoms with Crippen LogP contribution in [0.15, 0.2) is 24.3 Å². The van der Waals surface area contributed by atoms with Gasteiger partial charge in [0, 0.05) is 0 Å². The number of benzene rings is 1. The molecule has 0 radical (unpaired) electrons. The van der Waals surface area contributed by atoms with Crippen LogP contribution in [0.3, 0.4) is 0 Å². The summed E-state index contributed by atoms with van der Waals surface area (Å²) in [6.45, 7) is 0. The van der Waals surface area contributed by atoms with Crippen LogP contribution in [0.2, 0.25) is 0 Å². The number of terminal acetylenes is 1. The number of rotatable bonds is 2. The van der Waals surface area contributed by atoms with E-state index >= 15 is 0 Å². The van der Waals surface area contributed by atoms with Crippen LogP contribution in [0.5, 0.6) is 5.75 Å². The fraction of sp³-hybridized carbons (Fsp3) is 0.200. The molecule has 12 heavy (non-hydrogen) atoms. The van der Waals surface area contributed by atoms with Gasteiger partial charge in [0.05, 0.1) is 13.2 Å². The zero-order valence-electron chi connectivity index (χ0n) is 6.95. The van der Waals surface area contributed by atoms with Gasteiger partial charge in [-0.3, -0.25) is 0 Å². The van der Waals surface area contributed by atoms with E-state index in [4.69, 9.17) is 16.9 Å². The van der Waals surface area contributed by atoms with E-state index in [0.29, 0.717) is 0 Å². The highest BCUT2D eigenvalue weighted by atomic mass is 16.5. The summed E-state index contributed by atoms with van der Waals surface area (Å²) in [6, 6.07) is 7.09. The summed E-state index contributed by atoms with van der Waals surface area (Å²) in [5.41, 5.74) is 6.54. The second kappa shape index (κ2) is 3.80. The Balaban J connectivity index is 2.86. The van der Waals surface area contributed by atoms with E-state index in [2.05, 4.69) is 5.92 Å². The van der Waals surface area contributed by atoms with E-state index in [1.54, 1.807) is 7.11 Å². The molecule has 0 aliphatic carbocycles. The van der Waals surface area contributed by atoms with E-state index in [9.17, 15) is 0 Å². The molecule has 2 N–H and O–H groups in total. The van der Waals surface area contributed by atoms with Crippen LogP contribution in [-0.2, 0) is 0 Å². The number of ether oxygens (including phenoxy) is 1. The molecule has 0 spiro atoms. The highest BCUT2D eigenvalue weighted by molar-refractivity contribution is 5.31. The van der Waals surface area contributed by atoms with Crippen molar-refractivity contribution in [2.24, 2.45) is 5.73 Å². The van der Waals surface area contributed by atoms with Gasteiger partial charge in [-0.1, -0.05) is 18.1 Å². The fourth-order valence-corrected chi connectivity index (χ4v) is 0.907. The Morgan fingerprint density at radius 1 is 1.42 bits per heavy atom. The summed E-state index contributed by atoms with van der Waals surface area (Å²) in [5.74, 6) is 3.26. The lowest BCUT2D eigenvalue weighted by molar-refractivity contribution is 0.414. The highest BCUT2D eigenvalue weighted by Crippen LogP contribution is 2.14. The van der Waals surface area contributed by atoms with Gasteiger partial charge in [-0.05, 0) is 17.7 Å². The Labute approximate surface area is 72.3 Å². The fourth-order valence-electron chi connectivity index (χ4n) is 0.907. The molecule has 62 valence electrons. The van der Waals surface area contributed by atoms with Crippen molar-refractivity contribution in [2.45, 2.75) is 6.04 Å². The van der Waals surface area contributed by atoms with Crippen LogP contribution in [0.1, 0.15) is 11.6 Å². The van der Waals surface area contributed by atoms with Crippen molar-refractivity contribution in [3.63, 3.8) is 0 Å². The summed E-state index contributed by atoms with van der Waals surface area (Å²) in [5, 5.41) is 0. The first-order valence-corrected chi connectivity index (χ1v) is 3.63. The summed E-state index contributed by atoms with van der Waals surface area (Å²) in [6.07, 6.45) is 5.17. The Hall–Kier alpha value is -1.46. The zero-order chi connectivity index (χ0) is 8.97. The lowest BCUT2D eigenvalue weighted by Crippen LogP contribution is -2.06. The molecule has 0 aromatic heterocycles. The van der Waals surface area contributed by atoms with Gasteiger partial charge >= 0.3 is 0 Å². The van der Waals surface area contributed by atoms with Gasteiger partial charge in [0.1, 0.15) is 5.75 Å². The quantitative estimate of drug-likeness (QED) is 0.664. The Kier molecular flexibility index (Phi) is 2.73. The molecule has 0 bridgehead atoms. The topological polar surface area (TPSA) is 35.2 Å². The third kappa shape index (κ3) is 1.77. The molecular formula is C10H11NO. The number of methoxy groups -OCH3 is 1. The van der Waals surface area contributed by atoms with Gasteiger partial charge in [-0.2, -0.15) is 0 Å². The Morgan fingerprint density at radius 3 is 2.42 bits per heavy atom. The van der Waals surface area contributed by atoms with Gasteiger partial charge < -0.3 is 10.5 Å². The summed E-state index contributed by atoms with van der Waals surface area (Å²) in [7, 11) is 1.62. The average Bonchev–Trinajstić information content (AvgIpc) is 2.17. The minimum atomic E-state index is -0.323. The first-order valence-electron chi connectivity index (χ1n) is 3.63. The minimum Gasteiger partial charge on any atom is -0.497 e. The van der Waals surface area contributed by atoms with E-state index in [0.717, 1.165) is 11.3 Å². The molecule has 0 saturated carbocycles. The standard InChI is InChI=1S/C10H11NO/c1-3-10(11)8-4-6-9(12-2)7-5-8/h1,4-7,10H,11H2,2H3/t10-/m0/s1. The van der Waals surface area contributed by atoms with Crippen LogP contribution in [-0.4, -0.2) is 7.11 Å². The third-order valence-corrected chi connectivity index (χ3v) is 1.65. The average molecular weight is 161 g/mol. The molecule has 1 aromatic rings. The van der Waals surface area contributed by atoms with Crippen LogP contribution < -0.4 is 10.5 Å². The molecule has 2 nitrogen and oxygen atoms in total. The van der Waals surface area contributed by atoms with Crippen molar-refractivity contribution in [3.8, 4) is 18.1 Å². The highest BCUT2D eigenvalue weighted by Gasteiger charge is 2.00. The summed E-state index contributed by atoms with van der Waals surface area (Å²) in [4.78, 5) is 0. The summed E-state index contributed by atoms with van der Waals surface area (Å²) >= 11 is 0. The summed E-state index contributed by atoms with van der Waals surface area (Å²) < 4.78 is 4.99. The maximum atomic E-state index is 5.61. The monoisotopic (exact) mass is 161 g/mol. The maximum absolute atomic E-state index is 5.61. The second-order valence-corrected chi connectivity index (χ2v) is 2.42. The van der Waals surface area contributed by atoms with Gasteiger partial charge in [-0.25, -0.2) is 0 Å². The molecule has 2 heteroatoms. The first kappa shape index (κ1) is 8.63. The van der Waals surface area contributed by atoms with Crippen LogP contribution in [0.4, 0.5) is 0 Å². The molecule has 0 aliphatic rings. The Morgan fingerprint density at radius 2 is 2.00 bits per heavy atom. The van der Waals surface area contributed by atoms with Crippen molar-refractivity contribution in [3.05, 3.63) is 29.8 Å². The predicted octanol–water partition coefficient (Wildman–Crippen LogP) is 1.33. The van der Waals surface area contributed by atoms with Crippen LogP contribution >= 0.6 is 0 Å². The van der Waals surface area contributed by atoms with Crippen LogP contribution in [0.25, 0.3) is 0 Å². The van der Waals surface area contributed by atoms with Crippen molar-refractivity contribution in [1.29, 1.82) is 0 Å². The lowest BCUT2D eigenvalue weighted by Gasteiger charge is -2.05. The molecule has 0 aliphatic heterocycles. The molecule has 1 atom stereocenters. The molecular weight excluding hydrogens is 150 g/mol. The van der Waals surface area contributed by atoms with Gasteiger partial charge in [0.25, 0.3) is 0 Å². The van der Waals surface area contributed by atoms with E-state index in [1.165, 1.54) is 0 Å². The predicted molar refractivity (Wildman–Crippen MR) is 48.8 cm³/mol.